The Morgan fingerprint density at radius 1 is 1.37 bits per heavy atom. The molecule has 1 atom stereocenters. The van der Waals surface area contributed by atoms with Crippen LogP contribution in [-0.2, 0) is 4.79 Å². The van der Waals surface area contributed by atoms with Crippen molar-refractivity contribution in [3.8, 4) is 0 Å². The van der Waals surface area contributed by atoms with Crippen LogP contribution in [0, 0.1) is 5.41 Å². The summed E-state index contributed by atoms with van der Waals surface area (Å²) in [5.41, 5.74) is -0.306. The fourth-order valence-electron chi connectivity index (χ4n) is 3.23. The number of nitrogens with zero attached hydrogens (tertiary/aromatic N) is 2. The minimum atomic E-state index is -0.306. The van der Waals surface area contributed by atoms with Crippen molar-refractivity contribution in [3.63, 3.8) is 0 Å². The number of likely N-dealkylation sites (tertiary alicyclic amines) is 2. The molecular weight excluding hydrogens is 260 g/mol. The lowest BCUT2D eigenvalue weighted by molar-refractivity contribution is -0.137. The van der Waals surface area contributed by atoms with E-state index in [4.69, 9.17) is 0 Å². The first-order valence-electron chi connectivity index (χ1n) is 6.71. The summed E-state index contributed by atoms with van der Waals surface area (Å²) in [5, 5.41) is 1.92. The average Bonchev–Trinajstić information content (AvgIpc) is 3.04. The molecule has 0 saturated carbocycles. The summed E-state index contributed by atoms with van der Waals surface area (Å²) in [4.78, 5) is 29.2. The molecule has 4 nitrogen and oxygen atoms in total. The highest BCUT2D eigenvalue weighted by Gasteiger charge is 2.48. The number of amides is 2. The quantitative estimate of drug-likeness (QED) is 0.786. The maximum atomic E-state index is 12.4. The van der Waals surface area contributed by atoms with Crippen molar-refractivity contribution >= 4 is 23.2 Å². The molecule has 0 bridgehead atoms. The van der Waals surface area contributed by atoms with E-state index in [0.717, 1.165) is 37.2 Å². The molecule has 102 valence electrons. The molecule has 2 aliphatic rings. The molecule has 5 heteroatoms. The van der Waals surface area contributed by atoms with Gasteiger partial charge in [0.1, 0.15) is 0 Å². The van der Waals surface area contributed by atoms with Crippen molar-refractivity contribution in [1.82, 2.24) is 9.80 Å². The number of thiophene rings is 1. The third-order valence-electron chi connectivity index (χ3n) is 4.32. The van der Waals surface area contributed by atoms with Crippen molar-refractivity contribution in [3.05, 3.63) is 22.4 Å². The molecule has 1 aromatic heterocycles. The van der Waals surface area contributed by atoms with E-state index in [2.05, 4.69) is 0 Å². The molecule has 19 heavy (non-hydrogen) atoms. The van der Waals surface area contributed by atoms with Gasteiger partial charge in [0.15, 0.2) is 0 Å². The van der Waals surface area contributed by atoms with E-state index in [1.165, 1.54) is 11.3 Å². The standard InChI is InChI=1S/C14H18N2O2S/c1-15-8-6-14(13(15)18)5-3-7-16(10-14)12(17)11-4-2-9-19-11/h2,4,9H,3,5-8,10H2,1H3. The van der Waals surface area contributed by atoms with Gasteiger partial charge in [-0.15, -0.1) is 11.3 Å². The molecule has 1 aromatic rings. The van der Waals surface area contributed by atoms with Gasteiger partial charge in [0.05, 0.1) is 10.3 Å². The third-order valence-corrected chi connectivity index (χ3v) is 5.18. The fourth-order valence-corrected chi connectivity index (χ4v) is 3.93. The van der Waals surface area contributed by atoms with Crippen LogP contribution in [0.5, 0.6) is 0 Å². The van der Waals surface area contributed by atoms with Crippen molar-refractivity contribution in [2.75, 3.05) is 26.7 Å². The van der Waals surface area contributed by atoms with Crippen LogP contribution in [0.25, 0.3) is 0 Å². The van der Waals surface area contributed by atoms with Crippen LogP contribution >= 0.6 is 11.3 Å². The molecule has 1 spiro atoms. The smallest absolute Gasteiger partial charge is 0.263 e. The van der Waals surface area contributed by atoms with Crippen LogP contribution in [0.4, 0.5) is 0 Å². The van der Waals surface area contributed by atoms with Gasteiger partial charge < -0.3 is 9.80 Å². The van der Waals surface area contributed by atoms with Crippen molar-refractivity contribution < 1.29 is 9.59 Å². The lowest BCUT2D eigenvalue weighted by Crippen LogP contribution is -2.49. The molecule has 0 aromatic carbocycles. The molecule has 2 aliphatic heterocycles. The predicted molar refractivity (Wildman–Crippen MR) is 74.1 cm³/mol. The van der Waals surface area contributed by atoms with Gasteiger partial charge in [-0.3, -0.25) is 9.59 Å². The van der Waals surface area contributed by atoms with Crippen LogP contribution in [-0.4, -0.2) is 48.3 Å². The van der Waals surface area contributed by atoms with Gasteiger partial charge in [-0.2, -0.15) is 0 Å². The Bertz CT molecular complexity index is 496. The minimum Gasteiger partial charge on any atom is -0.345 e. The molecule has 0 N–H and O–H groups in total. The second-order valence-electron chi connectivity index (χ2n) is 5.56. The molecule has 2 fully saturated rings. The van der Waals surface area contributed by atoms with E-state index in [9.17, 15) is 9.59 Å². The number of hydrogen-bond acceptors (Lipinski definition) is 3. The highest BCUT2D eigenvalue weighted by Crippen LogP contribution is 2.40. The van der Waals surface area contributed by atoms with Crippen LogP contribution in [0.1, 0.15) is 28.9 Å². The number of carbonyl (C=O) groups excluding carboxylic acids is 2. The largest absolute Gasteiger partial charge is 0.345 e. The molecule has 2 amide bonds. The normalized spacial score (nSPS) is 27.3. The van der Waals surface area contributed by atoms with Crippen molar-refractivity contribution in [1.29, 1.82) is 0 Å². The zero-order valence-corrected chi connectivity index (χ0v) is 11.9. The zero-order valence-electron chi connectivity index (χ0n) is 11.1. The molecule has 3 rings (SSSR count). The SMILES string of the molecule is CN1CCC2(CCCN(C(=O)c3cccs3)C2)C1=O. The third kappa shape index (κ3) is 2.06. The lowest BCUT2D eigenvalue weighted by atomic mass is 9.78. The van der Waals surface area contributed by atoms with Crippen LogP contribution in [0.15, 0.2) is 17.5 Å². The Morgan fingerprint density at radius 2 is 2.21 bits per heavy atom. The highest BCUT2D eigenvalue weighted by atomic mass is 32.1. The molecule has 2 saturated heterocycles. The monoisotopic (exact) mass is 278 g/mol. The van der Waals surface area contributed by atoms with Gasteiger partial charge in [0.25, 0.3) is 5.91 Å². The Morgan fingerprint density at radius 3 is 2.84 bits per heavy atom. The van der Waals surface area contributed by atoms with Crippen molar-refractivity contribution in [2.24, 2.45) is 5.41 Å². The first kappa shape index (κ1) is 12.7. The fraction of sp³-hybridized carbons (Fsp3) is 0.571. The first-order chi connectivity index (χ1) is 9.12. The van der Waals surface area contributed by atoms with E-state index >= 15 is 0 Å². The topological polar surface area (TPSA) is 40.6 Å². The van der Waals surface area contributed by atoms with Gasteiger partial charge in [-0.25, -0.2) is 0 Å². The van der Waals surface area contributed by atoms with E-state index in [0.29, 0.717) is 6.54 Å². The number of piperidine rings is 1. The number of hydrogen-bond donors (Lipinski definition) is 0. The van der Waals surface area contributed by atoms with E-state index in [-0.39, 0.29) is 17.2 Å². The summed E-state index contributed by atoms with van der Waals surface area (Å²) in [6.45, 7) is 2.18. The van der Waals surface area contributed by atoms with Crippen LogP contribution in [0.3, 0.4) is 0 Å². The first-order valence-corrected chi connectivity index (χ1v) is 7.59. The van der Waals surface area contributed by atoms with Gasteiger partial charge in [-0.05, 0) is 30.7 Å². The summed E-state index contributed by atoms with van der Waals surface area (Å²) in [5.74, 6) is 0.299. The second-order valence-corrected chi connectivity index (χ2v) is 6.51. The zero-order chi connectivity index (χ0) is 13.5. The van der Waals surface area contributed by atoms with E-state index in [1.807, 2.05) is 29.5 Å². The Kier molecular flexibility index (Phi) is 3.09. The Labute approximate surface area is 117 Å². The summed E-state index contributed by atoms with van der Waals surface area (Å²) in [6.07, 6.45) is 2.73. The van der Waals surface area contributed by atoms with Crippen molar-refractivity contribution in [2.45, 2.75) is 19.3 Å². The molecule has 3 heterocycles. The number of carbonyl (C=O) groups is 2. The summed E-state index contributed by atoms with van der Waals surface area (Å²) in [6, 6.07) is 3.75. The van der Waals surface area contributed by atoms with E-state index < -0.39 is 0 Å². The van der Waals surface area contributed by atoms with Gasteiger partial charge in [-0.1, -0.05) is 6.07 Å². The van der Waals surface area contributed by atoms with Gasteiger partial charge in [0.2, 0.25) is 5.91 Å². The molecular formula is C14H18N2O2S. The minimum absolute atomic E-state index is 0.0800. The summed E-state index contributed by atoms with van der Waals surface area (Å²) < 4.78 is 0. The molecule has 0 radical (unpaired) electrons. The summed E-state index contributed by atoms with van der Waals surface area (Å²) >= 11 is 1.47. The highest BCUT2D eigenvalue weighted by molar-refractivity contribution is 7.12. The Hall–Kier alpha value is -1.36. The van der Waals surface area contributed by atoms with Gasteiger partial charge in [0, 0.05) is 26.7 Å². The number of rotatable bonds is 1. The summed E-state index contributed by atoms with van der Waals surface area (Å²) in [7, 11) is 1.86. The van der Waals surface area contributed by atoms with Gasteiger partial charge >= 0.3 is 0 Å². The maximum Gasteiger partial charge on any atom is 0.263 e. The second kappa shape index (κ2) is 4.63. The van der Waals surface area contributed by atoms with Crippen LogP contribution in [0.2, 0.25) is 0 Å². The van der Waals surface area contributed by atoms with Crippen LogP contribution < -0.4 is 0 Å². The Balaban J connectivity index is 1.79. The molecule has 1 unspecified atom stereocenters. The predicted octanol–water partition coefficient (Wildman–Crippen LogP) is 1.83. The molecule has 0 aliphatic carbocycles. The average molecular weight is 278 g/mol. The maximum absolute atomic E-state index is 12.4. The van der Waals surface area contributed by atoms with E-state index in [1.54, 1.807) is 4.90 Å². The lowest BCUT2D eigenvalue weighted by Gasteiger charge is -2.38.